The second-order valence-corrected chi connectivity index (χ2v) is 10.7. The molecule has 1 fully saturated rings. The molecule has 9 heteroatoms. The summed E-state index contributed by atoms with van der Waals surface area (Å²) in [5.41, 5.74) is 4.86. The minimum Gasteiger partial charge on any atom is -0.492 e. The molecule has 0 spiro atoms. The predicted octanol–water partition coefficient (Wildman–Crippen LogP) is 3.61. The molecule has 36 heavy (non-hydrogen) atoms. The number of benzene rings is 2. The van der Waals surface area contributed by atoms with Crippen molar-refractivity contribution < 1.29 is 17.9 Å². The first kappa shape index (κ1) is 26.0. The third-order valence-electron chi connectivity index (χ3n) is 6.47. The number of carbonyl (C=O) groups is 1. The Morgan fingerprint density at radius 1 is 0.889 bits per heavy atom. The first-order valence-corrected chi connectivity index (χ1v) is 13.5. The van der Waals surface area contributed by atoms with Crippen molar-refractivity contribution in [3.05, 3.63) is 95.3 Å². The zero-order valence-electron chi connectivity index (χ0n) is 20.0. The molecule has 0 bridgehead atoms. The van der Waals surface area contributed by atoms with Gasteiger partial charge in [-0.3, -0.25) is 14.7 Å². The second kappa shape index (κ2) is 10.9. The first-order chi connectivity index (χ1) is 16.9. The first-order valence-electron chi connectivity index (χ1n) is 11.6. The zero-order valence-corrected chi connectivity index (χ0v) is 21.6. The van der Waals surface area contributed by atoms with Gasteiger partial charge in [-0.2, -0.15) is 4.31 Å². The van der Waals surface area contributed by atoms with Crippen molar-refractivity contribution in [3.8, 4) is 5.75 Å². The van der Waals surface area contributed by atoms with Gasteiger partial charge in [0, 0.05) is 67.4 Å². The number of nitrogens with zero attached hydrogens (tertiary/aromatic N) is 3. The molecule has 0 amide bonds. The fraction of sp³-hybridized carbons (Fsp3) is 0.259. The molecule has 1 aliphatic carbocycles. The summed E-state index contributed by atoms with van der Waals surface area (Å²) in [6.45, 7) is 3.50. The van der Waals surface area contributed by atoms with Crippen molar-refractivity contribution >= 4 is 39.4 Å². The molecule has 0 saturated carbocycles. The number of carbonyl (C=O) groups excluding carboxylic acids is 1. The van der Waals surface area contributed by atoms with Crippen LogP contribution in [0.2, 0.25) is 0 Å². The minimum absolute atomic E-state index is 0. The predicted molar refractivity (Wildman–Crippen MR) is 143 cm³/mol. The highest BCUT2D eigenvalue weighted by Gasteiger charge is 2.32. The van der Waals surface area contributed by atoms with E-state index in [1.807, 2.05) is 60.7 Å². The van der Waals surface area contributed by atoms with E-state index in [1.165, 1.54) is 10.6 Å². The molecule has 2 heterocycles. The molecule has 1 saturated heterocycles. The summed E-state index contributed by atoms with van der Waals surface area (Å²) in [4.78, 5) is 20.0. The zero-order chi connectivity index (χ0) is 24.4. The Balaban J connectivity index is 0.00000304. The summed E-state index contributed by atoms with van der Waals surface area (Å²) in [7, 11) is -3.14. The maximum absolute atomic E-state index is 13.6. The average molecular weight is 526 g/mol. The highest BCUT2D eigenvalue weighted by atomic mass is 35.5. The molecular weight excluding hydrogens is 498 g/mol. The van der Waals surface area contributed by atoms with Crippen LogP contribution in [0.25, 0.3) is 11.1 Å². The van der Waals surface area contributed by atoms with E-state index < -0.39 is 10.0 Å². The van der Waals surface area contributed by atoms with E-state index in [-0.39, 0.29) is 18.2 Å². The van der Waals surface area contributed by atoms with Crippen LogP contribution < -0.4 is 4.74 Å². The van der Waals surface area contributed by atoms with Crippen LogP contribution in [0.5, 0.6) is 5.75 Å². The monoisotopic (exact) mass is 525 g/mol. The molecular formula is C27H28ClN3O4S. The minimum atomic E-state index is -3.14. The lowest BCUT2D eigenvalue weighted by Gasteiger charge is -2.33. The fourth-order valence-corrected chi connectivity index (χ4v) is 5.50. The van der Waals surface area contributed by atoms with Crippen LogP contribution in [-0.2, 0) is 10.0 Å². The Kier molecular flexibility index (Phi) is 7.90. The average Bonchev–Trinajstić information content (AvgIpc) is 3.16. The largest absolute Gasteiger partial charge is 0.492 e. The molecule has 0 atom stereocenters. The molecule has 1 aliphatic heterocycles. The Hall–Kier alpha value is -3.04. The van der Waals surface area contributed by atoms with Gasteiger partial charge in [0.05, 0.1) is 6.26 Å². The van der Waals surface area contributed by atoms with Gasteiger partial charge in [-0.15, -0.1) is 12.4 Å². The number of ketones is 1. The van der Waals surface area contributed by atoms with E-state index in [0.717, 1.165) is 22.3 Å². The van der Waals surface area contributed by atoms with Crippen molar-refractivity contribution in [2.24, 2.45) is 0 Å². The van der Waals surface area contributed by atoms with E-state index in [0.29, 0.717) is 56.2 Å². The number of sulfonamides is 1. The van der Waals surface area contributed by atoms with Gasteiger partial charge < -0.3 is 4.74 Å². The van der Waals surface area contributed by atoms with Crippen LogP contribution in [0.3, 0.4) is 0 Å². The lowest BCUT2D eigenvalue weighted by Crippen LogP contribution is -2.49. The van der Waals surface area contributed by atoms with E-state index >= 15 is 0 Å². The SMILES string of the molecule is CS(=O)(=O)N1CCN(CCOc2ccc3c(c2)C(=O)C(c2cccnc2)=C3c2ccccc2)CC1.Cl. The maximum Gasteiger partial charge on any atom is 0.211 e. The van der Waals surface area contributed by atoms with Gasteiger partial charge in [0.15, 0.2) is 5.78 Å². The molecule has 3 aromatic rings. The van der Waals surface area contributed by atoms with Gasteiger partial charge in [0.1, 0.15) is 12.4 Å². The van der Waals surface area contributed by atoms with Gasteiger partial charge in [0.2, 0.25) is 10.0 Å². The summed E-state index contributed by atoms with van der Waals surface area (Å²) in [6.07, 6.45) is 4.67. The Labute approximate surface area is 217 Å². The number of fused-ring (bicyclic) bond motifs is 1. The number of rotatable bonds is 7. The van der Waals surface area contributed by atoms with E-state index in [1.54, 1.807) is 12.4 Å². The van der Waals surface area contributed by atoms with Gasteiger partial charge in [0.25, 0.3) is 0 Å². The third kappa shape index (κ3) is 5.37. The summed E-state index contributed by atoms with van der Waals surface area (Å²) in [5, 5.41) is 0. The summed E-state index contributed by atoms with van der Waals surface area (Å²) < 4.78 is 30.9. The highest BCUT2D eigenvalue weighted by Crippen LogP contribution is 2.43. The summed E-state index contributed by atoms with van der Waals surface area (Å²) >= 11 is 0. The van der Waals surface area contributed by atoms with Crippen LogP contribution in [0.1, 0.15) is 27.0 Å². The molecule has 2 aliphatic rings. The molecule has 1 aromatic heterocycles. The highest BCUT2D eigenvalue weighted by molar-refractivity contribution is 7.88. The number of aromatic nitrogens is 1. The van der Waals surface area contributed by atoms with Gasteiger partial charge in [-0.25, -0.2) is 8.42 Å². The molecule has 0 unspecified atom stereocenters. The van der Waals surface area contributed by atoms with Crippen LogP contribution >= 0.6 is 12.4 Å². The van der Waals surface area contributed by atoms with Crippen molar-refractivity contribution in [2.75, 3.05) is 45.6 Å². The topological polar surface area (TPSA) is 79.8 Å². The molecule has 7 nitrogen and oxygen atoms in total. The molecule has 188 valence electrons. The van der Waals surface area contributed by atoms with Crippen LogP contribution in [-0.4, -0.2) is 74.0 Å². The number of allylic oxidation sites excluding steroid dienone is 1. The number of ether oxygens (including phenoxy) is 1. The van der Waals surface area contributed by atoms with Crippen LogP contribution in [0, 0.1) is 0 Å². The standard InChI is InChI=1S/C27H27N3O4S.ClH/c1-35(32,33)30-14-12-29(13-15-30)16-17-34-22-9-10-23-24(18-22)27(31)26(21-8-5-11-28-19-21)25(23)20-6-3-2-4-7-20;/h2-11,18-19H,12-17H2,1H3;1H. The molecule has 0 N–H and O–H groups in total. The Morgan fingerprint density at radius 2 is 1.61 bits per heavy atom. The quantitative estimate of drug-likeness (QED) is 0.469. The van der Waals surface area contributed by atoms with Gasteiger partial charge in [-0.1, -0.05) is 36.4 Å². The number of piperazine rings is 1. The maximum atomic E-state index is 13.6. The van der Waals surface area contributed by atoms with E-state index in [9.17, 15) is 13.2 Å². The van der Waals surface area contributed by atoms with Crippen LogP contribution in [0.4, 0.5) is 0 Å². The number of hydrogen-bond donors (Lipinski definition) is 0. The lowest BCUT2D eigenvalue weighted by molar-refractivity contribution is 0.105. The van der Waals surface area contributed by atoms with Gasteiger partial charge in [-0.05, 0) is 35.4 Å². The normalized spacial score (nSPS) is 16.5. The lowest BCUT2D eigenvalue weighted by atomic mass is 9.95. The van der Waals surface area contributed by atoms with Crippen molar-refractivity contribution in [1.82, 2.24) is 14.2 Å². The Morgan fingerprint density at radius 3 is 2.28 bits per heavy atom. The van der Waals surface area contributed by atoms with E-state index in [4.69, 9.17) is 4.74 Å². The van der Waals surface area contributed by atoms with Crippen molar-refractivity contribution in [1.29, 1.82) is 0 Å². The van der Waals surface area contributed by atoms with Crippen molar-refractivity contribution in [3.63, 3.8) is 0 Å². The van der Waals surface area contributed by atoms with Gasteiger partial charge >= 0.3 is 0 Å². The van der Waals surface area contributed by atoms with Crippen molar-refractivity contribution in [2.45, 2.75) is 0 Å². The number of pyridine rings is 1. The Bertz CT molecular complexity index is 1370. The number of halogens is 1. The van der Waals surface area contributed by atoms with E-state index in [2.05, 4.69) is 9.88 Å². The van der Waals surface area contributed by atoms with Crippen LogP contribution in [0.15, 0.2) is 73.1 Å². The summed E-state index contributed by atoms with van der Waals surface area (Å²) in [5.74, 6) is 0.612. The smallest absolute Gasteiger partial charge is 0.211 e. The molecule has 5 rings (SSSR count). The third-order valence-corrected chi connectivity index (χ3v) is 7.77. The fourth-order valence-electron chi connectivity index (χ4n) is 4.67. The molecule has 2 aromatic carbocycles. The molecule has 0 radical (unpaired) electrons. The number of Topliss-reactive ketones (excluding diaryl/α,β-unsaturated/α-hetero) is 1. The summed E-state index contributed by atoms with van der Waals surface area (Å²) in [6, 6.07) is 19.4. The second-order valence-electron chi connectivity index (χ2n) is 8.75. The number of hydrogen-bond acceptors (Lipinski definition) is 6.